The number of halogens is 7. The third kappa shape index (κ3) is 36.1. The molecule has 0 fully saturated rings. The Hall–Kier alpha value is -4.12. The van der Waals surface area contributed by atoms with E-state index >= 15 is 0 Å². The van der Waals surface area contributed by atoms with E-state index in [9.17, 15) is 22.0 Å². The molecule has 7 rings (SSSR count). The maximum absolute atomic E-state index is 13.4. The van der Waals surface area contributed by atoms with Crippen molar-refractivity contribution in [3.63, 3.8) is 0 Å². The number of aromatic nitrogens is 6. The largest absolute Gasteiger partial charge is 1.00 e. The molecule has 0 aliphatic carbocycles. The van der Waals surface area contributed by atoms with E-state index in [2.05, 4.69) is 29.3 Å². The van der Waals surface area contributed by atoms with Gasteiger partial charge in [0.2, 0.25) is 0 Å². The number of carbonyl (C=O) groups excluding carboxylic acids is 1. The Kier molecular flexibility index (Phi) is 48.4. The van der Waals surface area contributed by atoms with Gasteiger partial charge < -0.3 is 78.9 Å². The number of methoxy groups -OCH3 is 3. The summed E-state index contributed by atoms with van der Waals surface area (Å²) >= 11 is 4.96. The number of rotatable bonds is 15. The van der Waals surface area contributed by atoms with E-state index in [1.807, 2.05) is 25.7 Å². The summed E-state index contributed by atoms with van der Waals surface area (Å²) in [4.78, 5) is 23.0. The molecule has 3 heterocycles. The number of aryl methyl sites for hydroxylation is 3. The SMILES string of the molecule is C.COCCl.COCOc1cc(F)cc(F)c1.COCOc1cc(F)cc(OCc2cncn2C)c1.Cl.Cn1cncc1CO.Cn1cncc1COc1cc(O)cc(F)c1.O=CO[O-].Oc1cc(O)cc(F)c1.[H-].[K+].[K+]. The number of benzene rings is 4. The minimum Gasteiger partial charge on any atom is -1.00 e. The van der Waals surface area contributed by atoms with Crippen LogP contribution in [0, 0.1) is 29.1 Å². The first-order valence-corrected chi connectivity index (χ1v) is 20.6. The fourth-order valence-corrected chi connectivity index (χ4v) is 4.66. The van der Waals surface area contributed by atoms with E-state index in [-0.39, 0.29) is 180 Å². The molecule has 29 heteroatoms. The molecule has 412 valence electrons. The number of phenols is 3. The van der Waals surface area contributed by atoms with Crippen molar-refractivity contribution in [3.05, 3.63) is 157 Å². The number of aromatic hydroxyl groups is 3. The summed E-state index contributed by atoms with van der Waals surface area (Å²) in [5.41, 5.74) is 2.59. The van der Waals surface area contributed by atoms with Crippen LogP contribution in [0.2, 0.25) is 0 Å². The van der Waals surface area contributed by atoms with E-state index < -0.39 is 29.1 Å². The molecule has 0 saturated heterocycles. The van der Waals surface area contributed by atoms with Gasteiger partial charge in [0.05, 0.1) is 61.3 Å². The molecule has 0 atom stereocenters. The van der Waals surface area contributed by atoms with Crippen LogP contribution in [0.1, 0.15) is 25.9 Å². The van der Waals surface area contributed by atoms with Crippen molar-refractivity contribution in [1.82, 2.24) is 28.7 Å². The molecule has 0 unspecified atom stereocenters. The maximum Gasteiger partial charge on any atom is 1.00 e. The van der Waals surface area contributed by atoms with Crippen molar-refractivity contribution in [2.24, 2.45) is 21.1 Å². The summed E-state index contributed by atoms with van der Waals surface area (Å²) in [5.74, 6) is -2.45. The number of imidazole rings is 3. The molecule has 3 aromatic heterocycles. The summed E-state index contributed by atoms with van der Waals surface area (Å²) in [7, 11) is 10.0. The molecule has 0 saturated carbocycles. The van der Waals surface area contributed by atoms with E-state index in [1.54, 1.807) is 59.9 Å². The van der Waals surface area contributed by atoms with Gasteiger partial charge in [0, 0.05) is 115 Å². The van der Waals surface area contributed by atoms with Gasteiger partial charge in [0.1, 0.15) is 88.6 Å². The second-order valence-corrected chi connectivity index (χ2v) is 13.7. The van der Waals surface area contributed by atoms with Crippen molar-refractivity contribution in [2.45, 2.75) is 27.2 Å². The van der Waals surface area contributed by atoms with Gasteiger partial charge in [0.15, 0.2) is 13.6 Å². The number of nitrogens with zero attached hydrogens (tertiary/aromatic N) is 6. The first kappa shape index (κ1) is 78.4. The number of carbonyl (C=O) groups is 1. The second kappa shape index (κ2) is 46.9. The number of hydrogen-bond donors (Lipinski definition) is 4. The van der Waals surface area contributed by atoms with E-state index in [0.29, 0.717) is 29.9 Å². The molecule has 4 aromatic carbocycles. The van der Waals surface area contributed by atoms with Crippen LogP contribution in [0.3, 0.4) is 0 Å². The van der Waals surface area contributed by atoms with E-state index in [1.165, 1.54) is 38.5 Å². The second-order valence-electron chi connectivity index (χ2n) is 13.5. The zero-order chi connectivity index (χ0) is 53.8. The number of alkyl halides is 1. The van der Waals surface area contributed by atoms with Crippen molar-refractivity contribution in [2.75, 3.05) is 41.0 Å². The maximum atomic E-state index is 13.4. The van der Waals surface area contributed by atoms with Gasteiger partial charge in [-0.3, -0.25) is 4.79 Å². The van der Waals surface area contributed by atoms with Crippen LogP contribution in [-0.4, -0.2) is 96.5 Å². The number of phenolic OH excluding ortho intramolecular Hbond substituents is 3. The number of aliphatic hydroxyl groups excluding tert-OH is 1. The first-order chi connectivity index (χ1) is 34.4. The zero-order valence-electron chi connectivity index (χ0n) is 42.9. The zero-order valence-corrected chi connectivity index (χ0v) is 49.8. The van der Waals surface area contributed by atoms with Crippen LogP contribution in [0.15, 0.2) is 110 Å². The molecule has 0 amide bonds. The molecular formula is C47H59Cl2F5K2N6O14. The first-order valence-electron chi connectivity index (χ1n) is 20.1. The molecule has 4 N–H and O–H groups in total. The molecular weight excluding hydrogens is 1120 g/mol. The Bertz CT molecular complexity index is 2510. The topological polar surface area (TPSA) is 248 Å². The number of hydrogen-bond acceptors (Lipinski definition) is 17. The smallest absolute Gasteiger partial charge is 1.00 e. The molecule has 0 radical (unpaired) electrons. The Labute approximate surface area is 533 Å². The van der Waals surface area contributed by atoms with Gasteiger partial charge in [-0.05, 0) is 0 Å². The summed E-state index contributed by atoms with van der Waals surface area (Å²) in [6, 6.07) is 13.9. The van der Waals surface area contributed by atoms with Crippen molar-refractivity contribution < 1.29 is 195 Å². The van der Waals surface area contributed by atoms with Crippen LogP contribution in [0.5, 0.6) is 40.2 Å². The third-order valence-electron chi connectivity index (χ3n) is 7.92. The summed E-state index contributed by atoms with van der Waals surface area (Å²) in [6.07, 6.45) is 9.99. The third-order valence-corrected chi connectivity index (χ3v) is 8.14. The van der Waals surface area contributed by atoms with Crippen LogP contribution in [-0.2, 0) is 64.9 Å². The van der Waals surface area contributed by atoms with Gasteiger partial charge >= 0.3 is 103 Å². The van der Waals surface area contributed by atoms with Crippen LogP contribution < -0.4 is 127 Å². The van der Waals surface area contributed by atoms with Crippen molar-refractivity contribution >= 4 is 30.5 Å². The quantitative estimate of drug-likeness (QED) is 0.0216. The normalized spacial score (nSPS) is 9.18. The van der Waals surface area contributed by atoms with Crippen molar-refractivity contribution in [3.8, 4) is 40.2 Å². The summed E-state index contributed by atoms with van der Waals surface area (Å²) in [5, 5.41) is 43.3. The monoisotopic (exact) mass is 1170 g/mol. The molecule has 0 aliphatic rings. The fourth-order valence-electron chi connectivity index (χ4n) is 4.66. The predicted molar refractivity (Wildman–Crippen MR) is 260 cm³/mol. The molecule has 76 heavy (non-hydrogen) atoms. The van der Waals surface area contributed by atoms with E-state index in [0.717, 1.165) is 59.5 Å². The minimum absolute atomic E-state index is 0. The predicted octanol–water partition coefficient (Wildman–Crippen LogP) is 1.50. The van der Waals surface area contributed by atoms with Gasteiger partial charge in [-0.25, -0.2) is 36.9 Å². The molecule has 0 bridgehead atoms. The van der Waals surface area contributed by atoms with Crippen LogP contribution in [0.4, 0.5) is 22.0 Å². The average molecular weight is 1180 g/mol. The van der Waals surface area contributed by atoms with Crippen LogP contribution in [0.25, 0.3) is 0 Å². The molecule has 7 aromatic rings. The number of aliphatic hydroxyl groups is 1. The van der Waals surface area contributed by atoms with Gasteiger partial charge in [-0.15, -0.1) is 12.4 Å². The Balaban J connectivity index is -0.000000273. The van der Waals surface area contributed by atoms with Crippen molar-refractivity contribution in [1.29, 1.82) is 0 Å². The molecule has 20 nitrogen and oxygen atoms in total. The van der Waals surface area contributed by atoms with Crippen LogP contribution >= 0.6 is 24.0 Å². The standard InChI is InChI=1S/C13H15FN2O3.C11H11FN2O2.C8H8F2O2.C6H5FO2.C5H8N2O.C2H5ClO.CH2O3.CH4.ClH.2K.H/c1-16-8-15-6-11(16)7-18-12-3-10(14)4-13(5-12)19-9-17-2;1-14-7-13-5-9(14)6-16-11-3-8(12)2-10(15)4-11;1-11-5-12-8-3-6(9)2-7(10)4-8;7-4-1-5(8)3-6(9)2-4;1-7-4-6-2-5(7)3-8;1-4-2-3;2-1-4-3;;;;;/h3-6,8H,7,9H2,1-2H3;2-5,7,15H,6H2,1H3;2-4H,5H2,1H3;1-3,8-9H;2,4,8H,3H2,1H3;2H2,1H3;1,3H;1H4;1H;;;/q;;;;;;;;;2*+1;-1/p-1. The Morgan fingerprint density at radius 3 is 1.14 bits per heavy atom. The van der Waals surface area contributed by atoms with Gasteiger partial charge in [-0.1, -0.05) is 19.0 Å². The minimum atomic E-state index is -0.666. The van der Waals surface area contributed by atoms with Gasteiger partial charge in [-0.2, -0.15) is 0 Å². The average Bonchev–Trinajstić information content (AvgIpc) is 4.08. The molecule has 0 spiro atoms. The fraction of sp³-hybridized carbons (Fsp3) is 0.277. The molecule has 0 aliphatic heterocycles. The summed E-state index contributed by atoms with van der Waals surface area (Å²) in [6.45, 7) is 0.507. The number of ether oxygens (including phenoxy) is 7. The van der Waals surface area contributed by atoms with E-state index in [4.69, 9.17) is 65.8 Å². The summed E-state index contributed by atoms with van der Waals surface area (Å²) < 4.78 is 103. The Morgan fingerprint density at radius 1 is 0.553 bits per heavy atom. The van der Waals surface area contributed by atoms with Gasteiger partial charge in [0.25, 0.3) is 6.47 Å². The Morgan fingerprint density at radius 2 is 0.855 bits per heavy atom.